The molecule has 2 rings (SSSR count). The standard InChI is InChI=1S/C23H35N3O6/c1-23(2,3)32-22(31)25-18(15-8-5-4-6-9-15)14-16(27)11-12-17(24)20(28)26-13-7-10-19(26)21(29)30/h4-6,8-9,16-19,27H,7,10-14,24H2,1-3H3,(H,25,31)(H,29,30)/t16?,17-,18?,19-/m0/s1. The maximum absolute atomic E-state index is 12.6. The number of ether oxygens (including phenoxy) is 1. The van der Waals surface area contributed by atoms with Crippen LogP contribution < -0.4 is 11.1 Å². The minimum absolute atomic E-state index is 0.205. The Kier molecular flexibility index (Phi) is 9.03. The Labute approximate surface area is 188 Å². The number of hydrogen-bond acceptors (Lipinski definition) is 6. The van der Waals surface area contributed by atoms with Gasteiger partial charge in [0.1, 0.15) is 11.6 Å². The van der Waals surface area contributed by atoms with Crippen LogP contribution in [0.5, 0.6) is 0 Å². The summed E-state index contributed by atoms with van der Waals surface area (Å²) in [7, 11) is 0. The van der Waals surface area contributed by atoms with Gasteiger partial charge in [-0.05, 0) is 58.4 Å². The molecule has 2 unspecified atom stereocenters. The number of aliphatic hydroxyl groups excluding tert-OH is 1. The molecule has 1 aliphatic rings. The highest BCUT2D eigenvalue weighted by atomic mass is 16.6. The monoisotopic (exact) mass is 449 g/mol. The van der Waals surface area contributed by atoms with Crippen molar-refractivity contribution >= 4 is 18.0 Å². The summed E-state index contributed by atoms with van der Waals surface area (Å²) in [5.41, 5.74) is 6.18. The molecule has 5 N–H and O–H groups in total. The molecule has 4 atom stereocenters. The number of amides is 2. The third-order valence-corrected chi connectivity index (χ3v) is 5.35. The number of nitrogens with one attached hydrogen (secondary N) is 1. The highest BCUT2D eigenvalue weighted by Crippen LogP contribution is 2.23. The molecule has 1 saturated heterocycles. The molecule has 1 heterocycles. The number of likely N-dealkylation sites (tertiary alicyclic amines) is 1. The van der Waals surface area contributed by atoms with Crippen molar-refractivity contribution in [2.75, 3.05) is 6.54 Å². The summed E-state index contributed by atoms with van der Waals surface area (Å²) < 4.78 is 5.34. The van der Waals surface area contributed by atoms with E-state index < -0.39 is 47.8 Å². The van der Waals surface area contributed by atoms with Crippen LogP contribution in [0.15, 0.2) is 30.3 Å². The first-order valence-electron chi connectivity index (χ1n) is 11.0. The summed E-state index contributed by atoms with van der Waals surface area (Å²) in [5, 5.41) is 22.7. The number of benzene rings is 1. The third-order valence-electron chi connectivity index (χ3n) is 5.35. The van der Waals surface area contributed by atoms with E-state index in [0.717, 1.165) is 5.56 Å². The second-order valence-corrected chi connectivity index (χ2v) is 9.21. The molecule has 0 radical (unpaired) electrons. The van der Waals surface area contributed by atoms with E-state index in [-0.39, 0.29) is 19.3 Å². The third kappa shape index (κ3) is 7.80. The Bertz CT molecular complexity index is 780. The number of carbonyl (C=O) groups is 3. The van der Waals surface area contributed by atoms with E-state index in [9.17, 15) is 24.6 Å². The minimum Gasteiger partial charge on any atom is -0.480 e. The quantitative estimate of drug-likeness (QED) is 0.453. The van der Waals surface area contributed by atoms with Gasteiger partial charge in [-0.1, -0.05) is 30.3 Å². The van der Waals surface area contributed by atoms with Crippen molar-refractivity contribution in [1.82, 2.24) is 10.2 Å². The van der Waals surface area contributed by atoms with Crippen LogP contribution in [0.4, 0.5) is 4.79 Å². The minimum atomic E-state index is -1.03. The lowest BCUT2D eigenvalue weighted by Gasteiger charge is -2.27. The van der Waals surface area contributed by atoms with Crippen LogP contribution in [-0.4, -0.2) is 63.4 Å². The molecule has 9 heteroatoms. The van der Waals surface area contributed by atoms with Crippen LogP contribution in [0.3, 0.4) is 0 Å². The summed E-state index contributed by atoms with van der Waals surface area (Å²) in [5.74, 6) is -1.43. The van der Waals surface area contributed by atoms with E-state index in [4.69, 9.17) is 10.5 Å². The topological polar surface area (TPSA) is 142 Å². The number of carboxylic acids is 1. The molecule has 1 aromatic carbocycles. The number of aliphatic hydroxyl groups is 1. The highest BCUT2D eigenvalue weighted by Gasteiger charge is 2.36. The number of nitrogens with two attached hydrogens (primary N) is 1. The van der Waals surface area contributed by atoms with Crippen LogP contribution >= 0.6 is 0 Å². The van der Waals surface area contributed by atoms with Crippen molar-refractivity contribution in [2.24, 2.45) is 5.73 Å². The number of alkyl carbamates (subject to hydrolysis) is 1. The Morgan fingerprint density at radius 1 is 1.22 bits per heavy atom. The number of hydrogen-bond donors (Lipinski definition) is 4. The van der Waals surface area contributed by atoms with Gasteiger partial charge in [0.05, 0.1) is 18.2 Å². The summed E-state index contributed by atoms with van der Waals surface area (Å²) in [6, 6.07) is 7.04. The normalized spacial score (nSPS) is 19.2. The van der Waals surface area contributed by atoms with E-state index in [2.05, 4.69) is 5.32 Å². The molecule has 178 valence electrons. The van der Waals surface area contributed by atoms with Gasteiger partial charge < -0.3 is 30.9 Å². The van der Waals surface area contributed by atoms with Gasteiger partial charge >= 0.3 is 12.1 Å². The molecule has 0 spiro atoms. The fraction of sp³-hybridized carbons (Fsp3) is 0.609. The zero-order chi connectivity index (χ0) is 23.9. The predicted octanol–water partition coefficient (Wildman–Crippen LogP) is 2.19. The molecule has 0 saturated carbocycles. The van der Waals surface area contributed by atoms with Crippen molar-refractivity contribution in [3.05, 3.63) is 35.9 Å². The van der Waals surface area contributed by atoms with E-state index in [1.807, 2.05) is 30.3 Å². The zero-order valence-corrected chi connectivity index (χ0v) is 19.0. The molecule has 9 nitrogen and oxygen atoms in total. The first kappa shape index (κ1) is 25.6. The van der Waals surface area contributed by atoms with Crippen LogP contribution in [-0.2, 0) is 14.3 Å². The lowest BCUT2D eigenvalue weighted by atomic mass is 9.97. The number of nitrogens with zero attached hydrogens (tertiary/aromatic N) is 1. The molecular weight excluding hydrogens is 414 g/mol. The van der Waals surface area contributed by atoms with E-state index >= 15 is 0 Å². The van der Waals surface area contributed by atoms with Crippen molar-refractivity contribution in [3.63, 3.8) is 0 Å². The maximum atomic E-state index is 12.6. The van der Waals surface area contributed by atoms with Crippen molar-refractivity contribution in [3.8, 4) is 0 Å². The van der Waals surface area contributed by atoms with Gasteiger partial charge in [0.15, 0.2) is 0 Å². The van der Waals surface area contributed by atoms with Crippen LogP contribution in [0.25, 0.3) is 0 Å². The molecule has 2 amide bonds. The molecule has 0 bridgehead atoms. The van der Waals surface area contributed by atoms with Gasteiger partial charge in [-0.15, -0.1) is 0 Å². The highest BCUT2D eigenvalue weighted by molar-refractivity contribution is 5.87. The Balaban J connectivity index is 1.94. The fourth-order valence-electron chi connectivity index (χ4n) is 3.80. The van der Waals surface area contributed by atoms with Crippen molar-refractivity contribution in [2.45, 2.75) is 82.7 Å². The first-order valence-corrected chi connectivity index (χ1v) is 11.0. The molecule has 0 aromatic heterocycles. The number of carboxylic acid groups (broad SMARTS) is 1. The molecule has 1 aromatic rings. The van der Waals surface area contributed by atoms with E-state index in [1.54, 1.807) is 20.8 Å². The molecular formula is C23H35N3O6. The lowest BCUT2D eigenvalue weighted by molar-refractivity contribution is -0.148. The van der Waals surface area contributed by atoms with Gasteiger partial charge in [-0.3, -0.25) is 4.79 Å². The van der Waals surface area contributed by atoms with Gasteiger partial charge in [0, 0.05) is 6.54 Å². The summed E-state index contributed by atoms with van der Waals surface area (Å²) >= 11 is 0. The predicted molar refractivity (Wildman–Crippen MR) is 119 cm³/mol. The zero-order valence-electron chi connectivity index (χ0n) is 19.0. The van der Waals surface area contributed by atoms with E-state index in [0.29, 0.717) is 19.4 Å². The van der Waals surface area contributed by atoms with Gasteiger partial charge in [0.25, 0.3) is 0 Å². The van der Waals surface area contributed by atoms with E-state index in [1.165, 1.54) is 4.90 Å². The van der Waals surface area contributed by atoms with Gasteiger partial charge in [-0.2, -0.15) is 0 Å². The van der Waals surface area contributed by atoms with Crippen molar-refractivity contribution in [1.29, 1.82) is 0 Å². The summed E-state index contributed by atoms with van der Waals surface area (Å²) in [6.07, 6.45) is 0.292. The van der Waals surface area contributed by atoms with Crippen LogP contribution in [0.1, 0.15) is 64.5 Å². The number of aliphatic carboxylic acids is 1. The Hall–Kier alpha value is -2.65. The summed E-state index contributed by atoms with van der Waals surface area (Å²) in [4.78, 5) is 37.5. The second kappa shape index (κ2) is 11.3. The molecule has 0 aliphatic carbocycles. The van der Waals surface area contributed by atoms with Crippen molar-refractivity contribution < 1.29 is 29.3 Å². The van der Waals surface area contributed by atoms with Gasteiger partial charge in [-0.25, -0.2) is 9.59 Å². The molecule has 32 heavy (non-hydrogen) atoms. The second-order valence-electron chi connectivity index (χ2n) is 9.21. The van der Waals surface area contributed by atoms with Gasteiger partial charge in [0.2, 0.25) is 5.91 Å². The largest absolute Gasteiger partial charge is 0.480 e. The summed E-state index contributed by atoms with van der Waals surface area (Å²) in [6.45, 7) is 5.69. The Morgan fingerprint density at radius 2 is 1.88 bits per heavy atom. The average Bonchev–Trinajstić information content (AvgIpc) is 3.20. The Morgan fingerprint density at radius 3 is 2.47 bits per heavy atom. The molecule has 1 aliphatic heterocycles. The molecule has 1 fully saturated rings. The smallest absolute Gasteiger partial charge is 0.408 e. The SMILES string of the molecule is CC(C)(C)OC(=O)NC(CC(O)CC[C@H](N)C(=O)N1CCC[C@H]1C(=O)O)c1ccccc1. The first-order chi connectivity index (χ1) is 15.0. The average molecular weight is 450 g/mol. The fourth-order valence-corrected chi connectivity index (χ4v) is 3.80. The number of rotatable bonds is 9. The lowest BCUT2D eigenvalue weighted by Crippen LogP contribution is -2.48. The van der Waals surface area contributed by atoms with Crippen LogP contribution in [0, 0.1) is 0 Å². The maximum Gasteiger partial charge on any atom is 0.408 e. The van der Waals surface area contributed by atoms with Crippen LogP contribution in [0.2, 0.25) is 0 Å². The number of carbonyl (C=O) groups excluding carboxylic acids is 2.